The van der Waals surface area contributed by atoms with Crippen molar-refractivity contribution in [1.29, 1.82) is 0 Å². The molecule has 0 aromatic carbocycles. The summed E-state index contributed by atoms with van der Waals surface area (Å²) < 4.78 is 0. The summed E-state index contributed by atoms with van der Waals surface area (Å²) in [4.78, 5) is 4.26. The van der Waals surface area contributed by atoms with Gasteiger partial charge in [-0.05, 0) is 25.5 Å². The van der Waals surface area contributed by atoms with Crippen LogP contribution < -0.4 is 10.6 Å². The maximum Gasteiger partial charge on any atom is 0.126 e. The summed E-state index contributed by atoms with van der Waals surface area (Å²) in [5, 5.41) is 6.43. The van der Waals surface area contributed by atoms with Crippen molar-refractivity contribution in [3.63, 3.8) is 0 Å². The van der Waals surface area contributed by atoms with Gasteiger partial charge in [-0.1, -0.05) is 6.92 Å². The van der Waals surface area contributed by atoms with Crippen molar-refractivity contribution in [2.45, 2.75) is 20.3 Å². The average molecular weight is 179 g/mol. The molecule has 3 heteroatoms. The van der Waals surface area contributed by atoms with Gasteiger partial charge in [-0.2, -0.15) is 0 Å². The number of hydrogen-bond acceptors (Lipinski definition) is 3. The summed E-state index contributed by atoms with van der Waals surface area (Å²) in [7, 11) is 0. The Bertz CT molecular complexity index is 230. The van der Waals surface area contributed by atoms with E-state index < -0.39 is 0 Å². The van der Waals surface area contributed by atoms with Crippen molar-refractivity contribution in [2.24, 2.45) is 0 Å². The Morgan fingerprint density at radius 3 is 2.62 bits per heavy atom. The number of rotatable bonds is 5. The molecule has 0 atom stereocenters. The molecule has 0 bridgehead atoms. The second-order valence-corrected chi connectivity index (χ2v) is 2.89. The fraction of sp³-hybridized carbons (Fsp3) is 0.500. The highest BCUT2D eigenvalue weighted by atomic mass is 15.0. The van der Waals surface area contributed by atoms with Crippen molar-refractivity contribution < 1.29 is 0 Å². The molecule has 1 rings (SSSR count). The SMILES string of the molecule is CCCNc1ccc(NCC)cn1. The Morgan fingerprint density at radius 2 is 2.08 bits per heavy atom. The monoisotopic (exact) mass is 179 g/mol. The van der Waals surface area contributed by atoms with Crippen LogP contribution in [0.4, 0.5) is 11.5 Å². The number of pyridine rings is 1. The molecule has 0 amide bonds. The van der Waals surface area contributed by atoms with E-state index >= 15 is 0 Å². The van der Waals surface area contributed by atoms with Crippen LogP contribution in [0.3, 0.4) is 0 Å². The Morgan fingerprint density at radius 1 is 1.23 bits per heavy atom. The number of nitrogens with one attached hydrogen (secondary N) is 2. The van der Waals surface area contributed by atoms with Gasteiger partial charge < -0.3 is 10.6 Å². The van der Waals surface area contributed by atoms with Gasteiger partial charge in [0.25, 0.3) is 0 Å². The van der Waals surface area contributed by atoms with Crippen LogP contribution in [0.1, 0.15) is 20.3 Å². The lowest BCUT2D eigenvalue weighted by Gasteiger charge is -2.05. The highest BCUT2D eigenvalue weighted by Crippen LogP contribution is 2.08. The van der Waals surface area contributed by atoms with Crippen molar-refractivity contribution in [3.05, 3.63) is 18.3 Å². The van der Waals surface area contributed by atoms with E-state index in [0.717, 1.165) is 31.0 Å². The Balaban J connectivity index is 2.48. The van der Waals surface area contributed by atoms with E-state index in [2.05, 4.69) is 29.5 Å². The standard InChI is InChI=1S/C10H17N3/c1-3-7-12-10-6-5-9(8-13-10)11-4-2/h5-6,8,11H,3-4,7H2,1-2H3,(H,12,13). The lowest BCUT2D eigenvalue weighted by Crippen LogP contribution is -2.02. The summed E-state index contributed by atoms with van der Waals surface area (Å²) in [6.07, 6.45) is 2.97. The minimum Gasteiger partial charge on any atom is -0.384 e. The highest BCUT2D eigenvalue weighted by Gasteiger charge is 1.92. The number of aromatic nitrogens is 1. The molecule has 1 aromatic rings. The molecule has 1 heterocycles. The molecule has 72 valence electrons. The molecule has 2 N–H and O–H groups in total. The second-order valence-electron chi connectivity index (χ2n) is 2.89. The van der Waals surface area contributed by atoms with Gasteiger partial charge in [0, 0.05) is 13.1 Å². The van der Waals surface area contributed by atoms with Crippen LogP contribution in [0.2, 0.25) is 0 Å². The summed E-state index contributed by atoms with van der Waals surface area (Å²) in [5.41, 5.74) is 1.07. The summed E-state index contributed by atoms with van der Waals surface area (Å²) in [5.74, 6) is 0.948. The van der Waals surface area contributed by atoms with E-state index in [9.17, 15) is 0 Å². The van der Waals surface area contributed by atoms with E-state index in [1.54, 1.807) is 0 Å². The predicted octanol–water partition coefficient (Wildman–Crippen LogP) is 2.34. The fourth-order valence-corrected chi connectivity index (χ4v) is 1.06. The average Bonchev–Trinajstić information content (AvgIpc) is 2.17. The van der Waals surface area contributed by atoms with Crippen LogP contribution in [0.5, 0.6) is 0 Å². The molecule has 0 saturated carbocycles. The van der Waals surface area contributed by atoms with Crippen molar-refractivity contribution in [3.8, 4) is 0 Å². The molecule has 0 saturated heterocycles. The first-order valence-corrected chi connectivity index (χ1v) is 4.80. The minimum absolute atomic E-state index is 0.934. The third-order valence-electron chi connectivity index (χ3n) is 1.70. The maximum absolute atomic E-state index is 4.26. The molecule has 0 spiro atoms. The molecule has 13 heavy (non-hydrogen) atoms. The number of anilines is 2. The van der Waals surface area contributed by atoms with E-state index in [-0.39, 0.29) is 0 Å². The lowest BCUT2D eigenvalue weighted by atomic mass is 10.4. The third-order valence-corrected chi connectivity index (χ3v) is 1.70. The van der Waals surface area contributed by atoms with Gasteiger partial charge in [0.05, 0.1) is 11.9 Å². The van der Waals surface area contributed by atoms with Gasteiger partial charge in [0.2, 0.25) is 0 Å². The smallest absolute Gasteiger partial charge is 0.126 e. The zero-order valence-electron chi connectivity index (χ0n) is 8.30. The first kappa shape index (κ1) is 9.84. The molecule has 0 aliphatic carbocycles. The van der Waals surface area contributed by atoms with Gasteiger partial charge in [0.15, 0.2) is 0 Å². The van der Waals surface area contributed by atoms with Gasteiger partial charge >= 0.3 is 0 Å². The molecule has 0 aliphatic heterocycles. The summed E-state index contributed by atoms with van der Waals surface area (Å²) in [6.45, 7) is 6.13. The molecule has 1 aromatic heterocycles. The van der Waals surface area contributed by atoms with Gasteiger partial charge in [-0.3, -0.25) is 0 Å². The van der Waals surface area contributed by atoms with Crippen molar-refractivity contribution in [2.75, 3.05) is 23.7 Å². The maximum atomic E-state index is 4.26. The van der Waals surface area contributed by atoms with Gasteiger partial charge in [0.1, 0.15) is 5.82 Å². The first-order chi connectivity index (χ1) is 6.36. The van der Waals surface area contributed by atoms with Gasteiger partial charge in [-0.15, -0.1) is 0 Å². The van der Waals surface area contributed by atoms with E-state index in [4.69, 9.17) is 0 Å². The van der Waals surface area contributed by atoms with Crippen LogP contribution in [-0.4, -0.2) is 18.1 Å². The third kappa shape index (κ3) is 3.32. The highest BCUT2D eigenvalue weighted by molar-refractivity contribution is 5.46. The van der Waals surface area contributed by atoms with Crippen molar-refractivity contribution in [1.82, 2.24) is 4.98 Å². The Kier molecular flexibility index (Phi) is 4.09. The van der Waals surface area contributed by atoms with Gasteiger partial charge in [-0.25, -0.2) is 4.98 Å². The number of nitrogens with zero attached hydrogens (tertiary/aromatic N) is 1. The zero-order valence-corrected chi connectivity index (χ0v) is 8.30. The van der Waals surface area contributed by atoms with Crippen LogP contribution in [0, 0.1) is 0 Å². The van der Waals surface area contributed by atoms with E-state index in [1.165, 1.54) is 0 Å². The molecule has 0 radical (unpaired) electrons. The molecule has 0 aliphatic rings. The molecular weight excluding hydrogens is 162 g/mol. The van der Waals surface area contributed by atoms with Crippen LogP contribution in [-0.2, 0) is 0 Å². The van der Waals surface area contributed by atoms with Crippen LogP contribution >= 0.6 is 0 Å². The molecule has 0 unspecified atom stereocenters. The fourth-order valence-electron chi connectivity index (χ4n) is 1.06. The molecule has 3 nitrogen and oxygen atoms in total. The van der Waals surface area contributed by atoms with Crippen LogP contribution in [0.25, 0.3) is 0 Å². The van der Waals surface area contributed by atoms with Crippen molar-refractivity contribution >= 4 is 11.5 Å². The zero-order chi connectivity index (χ0) is 9.52. The molecule has 0 fully saturated rings. The van der Waals surface area contributed by atoms with E-state index in [1.807, 2.05) is 18.3 Å². The Labute approximate surface area is 79.6 Å². The van der Waals surface area contributed by atoms with E-state index in [0.29, 0.717) is 0 Å². The normalized spacial score (nSPS) is 9.69. The summed E-state index contributed by atoms with van der Waals surface area (Å²) in [6, 6.07) is 4.03. The minimum atomic E-state index is 0.934. The largest absolute Gasteiger partial charge is 0.384 e. The first-order valence-electron chi connectivity index (χ1n) is 4.80. The predicted molar refractivity (Wildman–Crippen MR) is 57.2 cm³/mol. The summed E-state index contributed by atoms with van der Waals surface area (Å²) >= 11 is 0. The number of hydrogen-bond donors (Lipinski definition) is 2. The second kappa shape index (κ2) is 5.41. The molecular formula is C10H17N3. The Hall–Kier alpha value is -1.25. The lowest BCUT2D eigenvalue weighted by molar-refractivity contribution is 0.969. The van der Waals surface area contributed by atoms with Crippen LogP contribution in [0.15, 0.2) is 18.3 Å². The quantitative estimate of drug-likeness (QED) is 0.728. The topological polar surface area (TPSA) is 37.0 Å².